The van der Waals surface area contributed by atoms with Crippen molar-refractivity contribution in [2.24, 2.45) is 11.8 Å². The maximum absolute atomic E-state index is 10.1. The first-order valence-electron chi connectivity index (χ1n) is 11.3. The van der Waals surface area contributed by atoms with Gasteiger partial charge in [-0.3, -0.25) is 4.98 Å². The summed E-state index contributed by atoms with van der Waals surface area (Å²) in [6.45, 7) is 8.23. The highest BCUT2D eigenvalue weighted by Crippen LogP contribution is 2.51. The van der Waals surface area contributed by atoms with Crippen molar-refractivity contribution in [3.05, 3.63) is 42.5 Å². The van der Waals surface area contributed by atoms with Gasteiger partial charge in [0.05, 0.1) is 23.5 Å². The van der Waals surface area contributed by atoms with Crippen molar-refractivity contribution in [3.63, 3.8) is 0 Å². The van der Waals surface area contributed by atoms with Crippen LogP contribution in [0.1, 0.15) is 51.1 Å². The Labute approximate surface area is 185 Å². The van der Waals surface area contributed by atoms with Crippen molar-refractivity contribution >= 4 is 18.7 Å². The zero-order valence-electron chi connectivity index (χ0n) is 18.9. The van der Waals surface area contributed by atoms with E-state index in [0.29, 0.717) is 11.7 Å². The molecule has 0 spiro atoms. The molecule has 0 aliphatic heterocycles. The Hall–Kier alpha value is -1.97. The van der Waals surface area contributed by atoms with Crippen molar-refractivity contribution < 1.29 is 9.84 Å². The van der Waals surface area contributed by atoms with Crippen LogP contribution in [0.2, 0.25) is 0 Å². The van der Waals surface area contributed by atoms with Gasteiger partial charge in [-0.25, -0.2) is 4.52 Å². The Morgan fingerprint density at radius 3 is 2.48 bits per heavy atom. The minimum Gasteiger partial charge on any atom is -0.489 e. The average Bonchev–Trinajstić information content (AvgIpc) is 3.15. The normalized spacial score (nSPS) is 23.2. The molecule has 6 heteroatoms. The van der Waals surface area contributed by atoms with E-state index in [0.717, 1.165) is 28.5 Å². The molecule has 5 nitrogen and oxygen atoms in total. The summed E-state index contributed by atoms with van der Waals surface area (Å²) >= 11 is 0. The van der Waals surface area contributed by atoms with Crippen molar-refractivity contribution in [2.45, 2.75) is 51.0 Å². The third kappa shape index (κ3) is 4.23. The molecular formula is C25H32N3O2P. The lowest BCUT2D eigenvalue weighted by Crippen LogP contribution is -2.33. The topological polar surface area (TPSA) is 59.7 Å². The Kier molecular flexibility index (Phi) is 5.30. The summed E-state index contributed by atoms with van der Waals surface area (Å²) in [6, 6.07) is 6.50. The third-order valence-electron chi connectivity index (χ3n) is 6.73. The lowest BCUT2D eigenvalue weighted by molar-refractivity contribution is 0.0283. The van der Waals surface area contributed by atoms with Gasteiger partial charge in [0.15, 0.2) is 0 Å². The van der Waals surface area contributed by atoms with Gasteiger partial charge < -0.3 is 9.84 Å². The van der Waals surface area contributed by atoms with E-state index in [1.165, 1.54) is 36.7 Å². The zero-order valence-corrected chi connectivity index (χ0v) is 19.8. The number of hydrogen-bond donors (Lipinski definition) is 1. The summed E-state index contributed by atoms with van der Waals surface area (Å²) in [5.41, 5.74) is 3.64. The number of rotatable bonds is 6. The number of nitrogens with zero attached hydrogens (tertiary/aromatic N) is 3. The van der Waals surface area contributed by atoms with E-state index in [1.54, 1.807) is 13.8 Å². The predicted molar refractivity (Wildman–Crippen MR) is 127 cm³/mol. The molecule has 3 saturated carbocycles. The van der Waals surface area contributed by atoms with Crippen molar-refractivity contribution in [3.8, 4) is 16.9 Å². The molecule has 3 aromatic rings. The molecule has 2 bridgehead atoms. The van der Waals surface area contributed by atoms with Crippen LogP contribution in [0.3, 0.4) is 0 Å². The summed E-state index contributed by atoms with van der Waals surface area (Å²) in [4.78, 5) is 4.91. The zero-order chi connectivity index (χ0) is 21.8. The number of aliphatic hydroxyl groups is 1. The molecule has 3 aliphatic rings. The standard InChI is InChI=1S/C25H32N3O2P/c1-25(2,29)15-30-20-11-21(24-23(31(3)4)13-27-28(24)14-20)18-5-6-22(26-12-18)19-9-16-7-17(8-16)10-19/h5-6,11-14,16-17,19,29H,7-10,15H2,1-4H3. The minimum absolute atomic E-state index is 0.224. The fourth-order valence-electron chi connectivity index (χ4n) is 5.17. The summed E-state index contributed by atoms with van der Waals surface area (Å²) in [7, 11) is -0.302. The number of pyridine rings is 2. The van der Waals surface area contributed by atoms with Crippen LogP contribution in [0.5, 0.6) is 5.75 Å². The Morgan fingerprint density at radius 1 is 1.13 bits per heavy atom. The maximum Gasteiger partial charge on any atom is 0.138 e. The highest BCUT2D eigenvalue weighted by Gasteiger charge is 2.39. The molecule has 0 amide bonds. The average molecular weight is 438 g/mol. The summed E-state index contributed by atoms with van der Waals surface area (Å²) in [5, 5.41) is 16.0. The van der Waals surface area contributed by atoms with Crippen LogP contribution in [0.4, 0.5) is 0 Å². The van der Waals surface area contributed by atoms with Crippen LogP contribution in [-0.2, 0) is 0 Å². The molecule has 3 heterocycles. The number of hydrogen-bond acceptors (Lipinski definition) is 4. The largest absolute Gasteiger partial charge is 0.489 e. The fourth-order valence-corrected chi connectivity index (χ4v) is 6.10. The molecule has 3 aromatic heterocycles. The van der Waals surface area contributed by atoms with E-state index >= 15 is 0 Å². The second kappa shape index (κ2) is 7.86. The van der Waals surface area contributed by atoms with E-state index in [-0.39, 0.29) is 14.5 Å². The second-order valence-corrected chi connectivity index (χ2v) is 12.5. The Morgan fingerprint density at radius 2 is 1.87 bits per heavy atom. The number of fused-ring (bicyclic) bond motifs is 3. The highest BCUT2D eigenvalue weighted by atomic mass is 31.1. The monoisotopic (exact) mass is 437 g/mol. The Balaban J connectivity index is 1.51. The van der Waals surface area contributed by atoms with Crippen molar-refractivity contribution in [2.75, 3.05) is 19.9 Å². The lowest BCUT2D eigenvalue weighted by atomic mass is 9.61. The molecule has 0 saturated heterocycles. The second-order valence-electron chi connectivity index (χ2n) is 10.3. The first kappa shape index (κ1) is 20.9. The van der Waals surface area contributed by atoms with Crippen LogP contribution in [0.25, 0.3) is 16.6 Å². The fraction of sp³-hybridized carbons (Fsp3) is 0.520. The van der Waals surface area contributed by atoms with Crippen molar-refractivity contribution in [1.82, 2.24) is 14.6 Å². The summed E-state index contributed by atoms with van der Waals surface area (Å²) in [6.07, 6.45) is 11.4. The van der Waals surface area contributed by atoms with Crippen LogP contribution in [0.15, 0.2) is 36.8 Å². The molecule has 6 rings (SSSR count). The van der Waals surface area contributed by atoms with Gasteiger partial charge in [0.2, 0.25) is 0 Å². The molecule has 3 fully saturated rings. The molecule has 0 aromatic carbocycles. The van der Waals surface area contributed by atoms with Gasteiger partial charge >= 0.3 is 0 Å². The summed E-state index contributed by atoms with van der Waals surface area (Å²) < 4.78 is 7.83. The van der Waals surface area contributed by atoms with Crippen LogP contribution < -0.4 is 10.0 Å². The van der Waals surface area contributed by atoms with Gasteiger partial charge in [0.25, 0.3) is 0 Å². The van der Waals surface area contributed by atoms with Crippen molar-refractivity contribution in [1.29, 1.82) is 0 Å². The van der Waals surface area contributed by atoms with E-state index in [4.69, 9.17) is 9.72 Å². The van der Waals surface area contributed by atoms with Crippen LogP contribution in [-0.4, -0.2) is 45.2 Å². The molecular weight excluding hydrogens is 405 g/mol. The molecule has 0 atom stereocenters. The van der Waals surface area contributed by atoms with E-state index < -0.39 is 5.60 Å². The highest BCUT2D eigenvalue weighted by molar-refractivity contribution is 7.64. The molecule has 0 unspecified atom stereocenters. The van der Waals surface area contributed by atoms with Gasteiger partial charge in [-0.1, -0.05) is 14.0 Å². The van der Waals surface area contributed by atoms with E-state index in [2.05, 4.69) is 36.6 Å². The molecule has 3 aliphatic carbocycles. The molecule has 31 heavy (non-hydrogen) atoms. The third-order valence-corrected chi connectivity index (χ3v) is 8.02. The van der Waals surface area contributed by atoms with Gasteiger partial charge in [0, 0.05) is 34.2 Å². The summed E-state index contributed by atoms with van der Waals surface area (Å²) in [5.74, 6) is 3.18. The van der Waals surface area contributed by atoms with Gasteiger partial charge in [-0.15, -0.1) is 0 Å². The van der Waals surface area contributed by atoms with Gasteiger partial charge in [-0.05, 0) is 76.8 Å². The van der Waals surface area contributed by atoms with E-state index in [9.17, 15) is 5.11 Å². The molecule has 1 N–H and O–H groups in total. The quantitative estimate of drug-likeness (QED) is 0.562. The van der Waals surface area contributed by atoms with E-state index in [1.807, 2.05) is 23.1 Å². The minimum atomic E-state index is -0.893. The predicted octanol–water partition coefficient (Wildman–Crippen LogP) is 4.82. The maximum atomic E-state index is 10.1. The first-order valence-corrected chi connectivity index (χ1v) is 13.5. The molecule has 164 valence electrons. The lowest BCUT2D eigenvalue weighted by Gasteiger charge is -2.45. The van der Waals surface area contributed by atoms with Crippen LogP contribution >= 0.6 is 7.92 Å². The smallest absolute Gasteiger partial charge is 0.138 e. The van der Waals surface area contributed by atoms with Gasteiger partial charge in [0.1, 0.15) is 12.4 Å². The van der Waals surface area contributed by atoms with Gasteiger partial charge in [-0.2, -0.15) is 5.10 Å². The SMILES string of the molecule is CP(C)c1cnn2cc(OCC(C)(C)O)cc(-c3ccc(C4CC5CC(C5)C4)nc3)c12. The Bertz CT molecular complexity index is 1070. The molecule has 0 radical (unpaired) electrons. The van der Waals surface area contributed by atoms with Crippen LogP contribution in [0, 0.1) is 11.8 Å². The number of aromatic nitrogens is 3. The first-order chi connectivity index (χ1) is 14.8. The number of ether oxygens (including phenoxy) is 1.